The van der Waals surface area contributed by atoms with Crippen LogP contribution in [-0.4, -0.2) is 15.5 Å². The van der Waals surface area contributed by atoms with Crippen LogP contribution in [0.25, 0.3) is 0 Å². The van der Waals surface area contributed by atoms with Gasteiger partial charge in [-0.1, -0.05) is 24.3 Å². The summed E-state index contributed by atoms with van der Waals surface area (Å²) in [7, 11) is 0. The van der Waals surface area contributed by atoms with Gasteiger partial charge in [0.2, 0.25) is 5.95 Å². The summed E-state index contributed by atoms with van der Waals surface area (Å²) in [4.78, 5) is 8.70. The summed E-state index contributed by atoms with van der Waals surface area (Å²) < 4.78 is 0. The van der Waals surface area contributed by atoms with Gasteiger partial charge in [-0.05, 0) is 44.9 Å². The fourth-order valence-electron chi connectivity index (χ4n) is 1.85. The van der Waals surface area contributed by atoms with E-state index in [4.69, 9.17) is 0 Å². The number of hydrogen-bond donors (Lipinski definition) is 2. The number of aromatic nitrogens is 2. The van der Waals surface area contributed by atoms with Crippen LogP contribution in [0.2, 0.25) is 0 Å². The molecule has 106 valence electrons. The Labute approximate surface area is 120 Å². The lowest BCUT2D eigenvalue weighted by atomic mass is 10.1. The van der Waals surface area contributed by atoms with E-state index in [0.29, 0.717) is 5.95 Å². The van der Waals surface area contributed by atoms with Crippen molar-refractivity contribution in [3.8, 4) is 0 Å². The van der Waals surface area contributed by atoms with Gasteiger partial charge in [-0.2, -0.15) is 4.98 Å². The molecule has 2 N–H and O–H groups in total. The maximum absolute atomic E-state index is 4.47. The predicted octanol–water partition coefficient (Wildman–Crippen LogP) is 3.61. The van der Waals surface area contributed by atoms with Crippen LogP contribution < -0.4 is 10.6 Å². The van der Waals surface area contributed by atoms with E-state index in [1.54, 1.807) is 6.20 Å². The summed E-state index contributed by atoms with van der Waals surface area (Å²) in [6.07, 6.45) is 1.77. The van der Waals surface area contributed by atoms with Gasteiger partial charge < -0.3 is 10.6 Å². The van der Waals surface area contributed by atoms with Crippen LogP contribution in [-0.2, 0) is 6.54 Å². The SMILES string of the molecule is Cc1ccccc1CNc1ccnc(NC(C)(C)C)n1. The van der Waals surface area contributed by atoms with Crippen molar-refractivity contribution >= 4 is 11.8 Å². The number of rotatable bonds is 4. The van der Waals surface area contributed by atoms with Crippen molar-refractivity contribution in [1.29, 1.82) is 0 Å². The number of benzene rings is 1. The van der Waals surface area contributed by atoms with E-state index >= 15 is 0 Å². The number of hydrogen-bond acceptors (Lipinski definition) is 4. The van der Waals surface area contributed by atoms with Crippen LogP contribution in [0.4, 0.5) is 11.8 Å². The maximum Gasteiger partial charge on any atom is 0.224 e. The summed E-state index contributed by atoms with van der Waals surface area (Å²) in [5, 5.41) is 6.61. The molecule has 4 heteroatoms. The van der Waals surface area contributed by atoms with Gasteiger partial charge in [-0.15, -0.1) is 0 Å². The normalized spacial score (nSPS) is 11.2. The van der Waals surface area contributed by atoms with Gasteiger partial charge in [0.15, 0.2) is 0 Å². The minimum absolute atomic E-state index is 0.0470. The Kier molecular flexibility index (Phi) is 4.23. The minimum atomic E-state index is -0.0470. The second kappa shape index (κ2) is 5.90. The summed E-state index contributed by atoms with van der Waals surface area (Å²) >= 11 is 0. The smallest absolute Gasteiger partial charge is 0.224 e. The van der Waals surface area contributed by atoms with Gasteiger partial charge in [0, 0.05) is 18.3 Å². The lowest BCUT2D eigenvalue weighted by Gasteiger charge is -2.20. The van der Waals surface area contributed by atoms with Crippen molar-refractivity contribution in [1.82, 2.24) is 9.97 Å². The van der Waals surface area contributed by atoms with Crippen LogP contribution in [0.5, 0.6) is 0 Å². The molecule has 1 aromatic carbocycles. The Hall–Kier alpha value is -2.10. The second-order valence-electron chi connectivity index (χ2n) is 5.92. The quantitative estimate of drug-likeness (QED) is 0.891. The molecular weight excluding hydrogens is 248 g/mol. The first-order valence-electron chi connectivity index (χ1n) is 6.84. The van der Waals surface area contributed by atoms with Gasteiger partial charge in [0.05, 0.1) is 0 Å². The molecule has 0 aliphatic rings. The molecule has 0 fully saturated rings. The molecule has 0 aliphatic carbocycles. The number of anilines is 2. The van der Waals surface area contributed by atoms with Gasteiger partial charge >= 0.3 is 0 Å². The zero-order valence-electron chi connectivity index (χ0n) is 12.6. The van der Waals surface area contributed by atoms with Gasteiger partial charge in [-0.25, -0.2) is 4.98 Å². The highest BCUT2D eigenvalue weighted by atomic mass is 15.2. The molecule has 0 spiro atoms. The molecule has 0 radical (unpaired) electrons. The maximum atomic E-state index is 4.47. The highest BCUT2D eigenvalue weighted by Gasteiger charge is 2.11. The molecule has 2 aromatic rings. The summed E-state index contributed by atoms with van der Waals surface area (Å²) in [5.74, 6) is 1.47. The fraction of sp³-hybridized carbons (Fsp3) is 0.375. The third kappa shape index (κ3) is 4.23. The predicted molar refractivity (Wildman–Crippen MR) is 83.9 cm³/mol. The lowest BCUT2D eigenvalue weighted by Crippen LogP contribution is -2.27. The largest absolute Gasteiger partial charge is 0.366 e. The van der Waals surface area contributed by atoms with Crippen molar-refractivity contribution in [2.75, 3.05) is 10.6 Å². The first-order valence-corrected chi connectivity index (χ1v) is 6.84. The highest BCUT2D eigenvalue weighted by Crippen LogP contribution is 2.13. The van der Waals surface area contributed by atoms with Crippen molar-refractivity contribution in [3.05, 3.63) is 47.7 Å². The Morgan fingerprint density at radius 3 is 2.55 bits per heavy atom. The fourth-order valence-corrected chi connectivity index (χ4v) is 1.85. The van der Waals surface area contributed by atoms with E-state index in [2.05, 4.69) is 72.6 Å². The van der Waals surface area contributed by atoms with Crippen LogP contribution >= 0.6 is 0 Å². The third-order valence-corrected chi connectivity index (χ3v) is 2.86. The average molecular weight is 270 g/mol. The molecule has 0 aliphatic heterocycles. The van der Waals surface area contributed by atoms with E-state index in [9.17, 15) is 0 Å². The average Bonchev–Trinajstić information content (AvgIpc) is 2.36. The van der Waals surface area contributed by atoms with Crippen molar-refractivity contribution in [2.45, 2.75) is 39.8 Å². The Bertz CT molecular complexity index is 573. The Morgan fingerprint density at radius 1 is 1.10 bits per heavy atom. The minimum Gasteiger partial charge on any atom is -0.366 e. The van der Waals surface area contributed by atoms with Crippen molar-refractivity contribution in [2.24, 2.45) is 0 Å². The van der Waals surface area contributed by atoms with E-state index in [-0.39, 0.29) is 5.54 Å². The van der Waals surface area contributed by atoms with E-state index in [1.165, 1.54) is 11.1 Å². The molecule has 4 nitrogen and oxygen atoms in total. The van der Waals surface area contributed by atoms with Gasteiger partial charge in [-0.3, -0.25) is 0 Å². The first kappa shape index (κ1) is 14.3. The first-order chi connectivity index (χ1) is 9.44. The molecular formula is C16H22N4. The number of nitrogens with zero attached hydrogens (tertiary/aromatic N) is 2. The van der Waals surface area contributed by atoms with E-state index < -0.39 is 0 Å². The summed E-state index contributed by atoms with van der Waals surface area (Å²) in [6, 6.07) is 10.2. The highest BCUT2D eigenvalue weighted by molar-refractivity contribution is 5.41. The molecule has 0 unspecified atom stereocenters. The molecule has 0 amide bonds. The number of nitrogens with one attached hydrogen (secondary N) is 2. The van der Waals surface area contributed by atoms with E-state index in [0.717, 1.165) is 12.4 Å². The molecule has 1 heterocycles. The van der Waals surface area contributed by atoms with Crippen LogP contribution in [0, 0.1) is 6.92 Å². The summed E-state index contributed by atoms with van der Waals surface area (Å²) in [6.45, 7) is 9.14. The van der Waals surface area contributed by atoms with Crippen LogP contribution in [0.3, 0.4) is 0 Å². The molecule has 0 saturated carbocycles. The zero-order valence-corrected chi connectivity index (χ0v) is 12.6. The van der Waals surface area contributed by atoms with E-state index in [1.807, 2.05) is 6.07 Å². The Balaban J connectivity index is 2.03. The summed E-state index contributed by atoms with van der Waals surface area (Å²) in [5.41, 5.74) is 2.51. The zero-order chi connectivity index (χ0) is 14.6. The van der Waals surface area contributed by atoms with Crippen LogP contribution in [0.1, 0.15) is 31.9 Å². The van der Waals surface area contributed by atoms with Gasteiger partial charge in [0.25, 0.3) is 0 Å². The van der Waals surface area contributed by atoms with Crippen LogP contribution in [0.15, 0.2) is 36.5 Å². The second-order valence-corrected chi connectivity index (χ2v) is 5.92. The Morgan fingerprint density at radius 2 is 1.85 bits per heavy atom. The monoisotopic (exact) mass is 270 g/mol. The van der Waals surface area contributed by atoms with Crippen molar-refractivity contribution < 1.29 is 0 Å². The molecule has 2 rings (SSSR count). The standard InChI is InChI=1S/C16H22N4/c1-12-7-5-6-8-13(12)11-18-14-9-10-17-15(19-14)20-16(2,3)4/h5-10H,11H2,1-4H3,(H2,17,18,19,20). The molecule has 1 aromatic heterocycles. The third-order valence-electron chi connectivity index (χ3n) is 2.86. The molecule has 0 bridgehead atoms. The topological polar surface area (TPSA) is 49.8 Å². The van der Waals surface area contributed by atoms with Gasteiger partial charge in [0.1, 0.15) is 5.82 Å². The number of aryl methyl sites for hydroxylation is 1. The molecule has 20 heavy (non-hydrogen) atoms. The molecule has 0 saturated heterocycles. The van der Waals surface area contributed by atoms with Crippen molar-refractivity contribution in [3.63, 3.8) is 0 Å². The molecule has 0 atom stereocenters. The lowest BCUT2D eigenvalue weighted by molar-refractivity contribution is 0.626.